The van der Waals surface area contributed by atoms with Crippen molar-refractivity contribution in [1.29, 1.82) is 0 Å². The van der Waals surface area contributed by atoms with Crippen LogP contribution in [0.15, 0.2) is 24.5 Å². The lowest BCUT2D eigenvalue weighted by Crippen LogP contribution is -2.50. The molecule has 0 saturated carbocycles. The quantitative estimate of drug-likeness (QED) is 0.847. The van der Waals surface area contributed by atoms with E-state index in [9.17, 15) is 9.59 Å². The maximum atomic E-state index is 12.0. The lowest BCUT2D eigenvalue weighted by molar-refractivity contribution is -0.132. The van der Waals surface area contributed by atoms with Crippen LogP contribution in [-0.2, 0) is 4.79 Å². The van der Waals surface area contributed by atoms with Crippen LogP contribution in [0, 0.1) is 0 Å². The summed E-state index contributed by atoms with van der Waals surface area (Å²) in [5, 5.41) is 12.0. The van der Waals surface area contributed by atoms with Crippen molar-refractivity contribution < 1.29 is 14.7 Å². The highest BCUT2D eigenvalue weighted by Gasteiger charge is 2.23. The number of pyridine rings is 1. The number of carbonyl (C=O) groups is 2. The largest absolute Gasteiger partial charge is 0.465 e. The average molecular weight is 278 g/mol. The molecule has 1 saturated heterocycles. The van der Waals surface area contributed by atoms with Crippen molar-refractivity contribution in [3.8, 4) is 0 Å². The summed E-state index contributed by atoms with van der Waals surface area (Å²) in [4.78, 5) is 29.7. The molecule has 1 aromatic heterocycles. The summed E-state index contributed by atoms with van der Waals surface area (Å²) in [6, 6.07) is 3.69. The van der Waals surface area contributed by atoms with Gasteiger partial charge in [0, 0.05) is 57.2 Å². The van der Waals surface area contributed by atoms with Crippen molar-refractivity contribution in [2.45, 2.75) is 6.42 Å². The predicted octanol–water partition coefficient (Wildman–Crippen LogP) is 0.706. The summed E-state index contributed by atoms with van der Waals surface area (Å²) in [5.74, 6) is 0.0524. The summed E-state index contributed by atoms with van der Waals surface area (Å²) in [6.45, 7) is 2.28. The Labute approximate surface area is 117 Å². The van der Waals surface area contributed by atoms with Crippen molar-refractivity contribution in [3.05, 3.63) is 24.5 Å². The van der Waals surface area contributed by atoms with Crippen LogP contribution in [0.4, 0.5) is 10.5 Å². The molecule has 0 radical (unpaired) electrons. The zero-order chi connectivity index (χ0) is 14.4. The summed E-state index contributed by atoms with van der Waals surface area (Å²) in [5.41, 5.74) is 0.934. The first kappa shape index (κ1) is 14.1. The van der Waals surface area contributed by atoms with Gasteiger partial charge in [-0.05, 0) is 12.1 Å². The predicted molar refractivity (Wildman–Crippen MR) is 73.5 cm³/mol. The topological polar surface area (TPSA) is 85.8 Å². The van der Waals surface area contributed by atoms with E-state index >= 15 is 0 Å². The van der Waals surface area contributed by atoms with Gasteiger partial charge in [0.1, 0.15) is 0 Å². The highest BCUT2D eigenvalue weighted by molar-refractivity contribution is 5.77. The number of hydrogen-bond donors (Lipinski definition) is 2. The van der Waals surface area contributed by atoms with Crippen LogP contribution in [0.25, 0.3) is 0 Å². The van der Waals surface area contributed by atoms with Gasteiger partial charge in [-0.25, -0.2) is 4.79 Å². The van der Waals surface area contributed by atoms with Crippen molar-refractivity contribution in [2.24, 2.45) is 0 Å². The Kier molecular flexibility index (Phi) is 4.75. The van der Waals surface area contributed by atoms with Gasteiger partial charge in [0.05, 0.1) is 0 Å². The minimum Gasteiger partial charge on any atom is -0.465 e. The number of anilines is 1. The summed E-state index contributed by atoms with van der Waals surface area (Å²) < 4.78 is 0. The summed E-state index contributed by atoms with van der Waals surface area (Å²) >= 11 is 0. The van der Waals surface area contributed by atoms with Crippen LogP contribution < -0.4 is 5.32 Å². The van der Waals surface area contributed by atoms with Crippen LogP contribution in [0.3, 0.4) is 0 Å². The molecule has 2 amide bonds. The number of hydrogen-bond acceptors (Lipinski definition) is 4. The molecule has 0 aliphatic carbocycles. The summed E-state index contributed by atoms with van der Waals surface area (Å²) in [6.07, 6.45) is 2.86. The smallest absolute Gasteiger partial charge is 0.407 e. The molecule has 2 rings (SSSR count). The van der Waals surface area contributed by atoms with Gasteiger partial charge in [-0.3, -0.25) is 9.78 Å². The maximum Gasteiger partial charge on any atom is 0.407 e. The molecule has 1 aromatic rings. The monoisotopic (exact) mass is 278 g/mol. The number of piperazine rings is 1. The van der Waals surface area contributed by atoms with Gasteiger partial charge in [-0.1, -0.05) is 0 Å². The normalized spacial score (nSPS) is 15.0. The zero-order valence-electron chi connectivity index (χ0n) is 11.2. The Morgan fingerprint density at radius 3 is 2.35 bits per heavy atom. The van der Waals surface area contributed by atoms with Crippen molar-refractivity contribution in [1.82, 2.24) is 14.8 Å². The second-order valence-corrected chi connectivity index (χ2v) is 4.56. The Bertz CT molecular complexity index is 458. The molecular formula is C13H18N4O3. The molecule has 2 heterocycles. The van der Waals surface area contributed by atoms with Gasteiger partial charge < -0.3 is 20.2 Å². The van der Waals surface area contributed by atoms with Gasteiger partial charge in [0.2, 0.25) is 5.91 Å². The van der Waals surface area contributed by atoms with Crippen molar-refractivity contribution in [3.63, 3.8) is 0 Å². The lowest BCUT2D eigenvalue weighted by atomic mass is 10.3. The van der Waals surface area contributed by atoms with Gasteiger partial charge in [0.15, 0.2) is 0 Å². The number of nitrogens with zero attached hydrogens (tertiary/aromatic N) is 3. The van der Waals surface area contributed by atoms with Crippen LogP contribution in [0.5, 0.6) is 0 Å². The van der Waals surface area contributed by atoms with E-state index in [1.807, 2.05) is 12.1 Å². The third-order valence-corrected chi connectivity index (χ3v) is 3.25. The fourth-order valence-corrected chi connectivity index (χ4v) is 2.09. The fourth-order valence-electron chi connectivity index (χ4n) is 2.09. The van der Waals surface area contributed by atoms with E-state index in [2.05, 4.69) is 10.3 Å². The van der Waals surface area contributed by atoms with E-state index in [0.717, 1.165) is 5.69 Å². The van der Waals surface area contributed by atoms with Crippen LogP contribution >= 0.6 is 0 Å². The minimum absolute atomic E-state index is 0.0524. The summed E-state index contributed by atoms with van der Waals surface area (Å²) in [7, 11) is 0. The third-order valence-electron chi connectivity index (χ3n) is 3.25. The van der Waals surface area contributed by atoms with Crippen LogP contribution in [0.1, 0.15) is 6.42 Å². The number of nitrogens with one attached hydrogen (secondary N) is 1. The molecule has 1 aliphatic rings. The van der Waals surface area contributed by atoms with Gasteiger partial charge in [-0.15, -0.1) is 0 Å². The van der Waals surface area contributed by atoms with Gasteiger partial charge >= 0.3 is 6.09 Å². The fraction of sp³-hybridized carbons (Fsp3) is 0.462. The number of amides is 2. The molecule has 0 atom stereocenters. The lowest BCUT2D eigenvalue weighted by Gasteiger charge is -2.33. The third kappa shape index (κ3) is 3.84. The van der Waals surface area contributed by atoms with Gasteiger partial charge in [-0.2, -0.15) is 0 Å². The Hall–Kier alpha value is -2.31. The second-order valence-electron chi connectivity index (χ2n) is 4.56. The van der Waals surface area contributed by atoms with E-state index in [1.54, 1.807) is 17.3 Å². The SMILES string of the molecule is O=C(O)N1CCN(C(=O)CCNc2ccncc2)CC1. The second kappa shape index (κ2) is 6.74. The minimum atomic E-state index is -0.920. The molecule has 0 spiro atoms. The number of carbonyl (C=O) groups excluding carboxylic acids is 1. The standard InChI is InChI=1S/C13H18N4O3/c18-12(3-6-15-11-1-4-14-5-2-11)16-7-9-17(10-8-16)13(19)20/h1-2,4-5H,3,6-10H2,(H,14,15)(H,19,20). The van der Waals surface area contributed by atoms with Crippen molar-refractivity contribution >= 4 is 17.7 Å². The number of rotatable bonds is 4. The first-order valence-electron chi connectivity index (χ1n) is 6.56. The molecule has 1 aliphatic heterocycles. The van der Waals surface area contributed by atoms with E-state index in [-0.39, 0.29) is 5.91 Å². The molecule has 108 valence electrons. The average Bonchev–Trinajstić information content (AvgIpc) is 2.48. The maximum absolute atomic E-state index is 12.0. The van der Waals surface area contributed by atoms with E-state index in [4.69, 9.17) is 5.11 Å². The molecule has 1 fully saturated rings. The van der Waals surface area contributed by atoms with E-state index < -0.39 is 6.09 Å². The molecule has 7 heteroatoms. The zero-order valence-corrected chi connectivity index (χ0v) is 11.2. The highest BCUT2D eigenvalue weighted by Crippen LogP contribution is 2.06. The number of carboxylic acid groups (broad SMARTS) is 1. The van der Waals surface area contributed by atoms with Crippen molar-refractivity contribution in [2.75, 3.05) is 38.0 Å². The van der Waals surface area contributed by atoms with E-state index in [0.29, 0.717) is 39.1 Å². The Morgan fingerprint density at radius 2 is 1.75 bits per heavy atom. The molecule has 0 aromatic carbocycles. The first-order valence-corrected chi connectivity index (χ1v) is 6.56. The Morgan fingerprint density at radius 1 is 1.15 bits per heavy atom. The molecule has 20 heavy (non-hydrogen) atoms. The van der Waals surface area contributed by atoms with Crippen LogP contribution in [0.2, 0.25) is 0 Å². The molecule has 2 N–H and O–H groups in total. The molecule has 0 unspecified atom stereocenters. The molecular weight excluding hydrogens is 260 g/mol. The van der Waals surface area contributed by atoms with E-state index in [1.165, 1.54) is 4.90 Å². The van der Waals surface area contributed by atoms with Gasteiger partial charge in [0.25, 0.3) is 0 Å². The molecule has 0 bridgehead atoms. The number of aromatic nitrogens is 1. The Balaban J connectivity index is 1.69. The molecule has 7 nitrogen and oxygen atoms in total. The first-order chi connectivity index (χ1) is 9.66. The van der Waals surface area contributed by atoms with Crippen LogP contribution in [-0.4, -0.2) is 64.6 Å². The highest BCUT2D eigenvalue weighted by atomic mass is 16.4.